The van der Waals surface area contributed by atoms with Gasteiger partial charge in [0.05, 0.1) is 13.7 Å². The second-order valence-electron chi connectivity index (χ2n) is 6.86. The Morgan fingerprint density at radius 1 is 0.931 bits per heavy atom. The number of hydrogen-bond acceptors (Lipinski definition) is 5. The van der Waals surface area contributed by atoms with Crippen LogP contribution in [0.4, 0.5) is 11.4 Å². The SMILES string of the molecule is COc1ccccc1OCC(=O)NCC(=O)Nc1ccc(N2CCCCC2)cc1. The van der Waals surface area contributed by atoms with Gasteiger partial charge in [-0.3, -0.25) is 9.59 Å². The number of para-hydroxylation sites is 2. The van der Waals surface area contributed by atoms with Crippen LogP contribution < -0.4 is 25.0 Å². The van der Waals surface area contributed by atoms with Gasteiger partial charge in [0, 0.05) is 24.5 Å². The summed E-state index contributed by atoms with van der Waals surface area (Å²) >= 11 is 0. The Hall–Kier alpha value is -3.22. The zero-order chi connectivity index (χ0) is 20.5. The van der Waals surface area contributed by atoms with E-state index in [4.69, 9.17) is 9.47 Å². The van der Waals surface area contributed by atoms with E-state index in [1.165, 1.54) is 32.1 Å². The summed E-state index contributed by atoms with van der Waals surface area (Å²) in [5, 5.41) is 5.33. The Bertz CT molecular complexity index is 817. The van der Waals surface area contributed by atoms with Crippen molar-refractivity contribution < 1.29 is 19.1 Å². The van der Waals surface area contributed by atoms with Crippen LogP contribution in [-0.2, 0) is 9.59 Å². The molecule has 0 unspecified atom stereocenters. The van der Waals surface area contributed by atoms with Crippen LogP contribution in [0.1, 0.15) is 19.3 Å². The number of carbonyl (C=O) groups excluding carboxylic acids is 2. The van der Waals surface area contributed by atoms with Crippen molar-refractivity contribution in [3.8, 4) is 11.5 Å². The van der Waals surface area contributed by atoms with Gasteiger partial charge in [-0.25, -0.2) is 0 Å². The molecule has 7 nitrogen and oxygen atoms in total. The molecule has 1 fully saturated rings. The van der Waals surface area contributed by atoms with E-state index < -0.39 is 0 Å². The maximum atomic E-state index is 12.1. The molecular weight excluding hydrogens is 370 g/mol. The molecule has 0 aromatic heterocycles. The molecule has 1 saturated heterocycles. The summed E-state index contributed by atoms with van der Waals surface area (Å²) in [5.74, 6) is 0.349. The number of hydrogen-bond donors (Lipinski definition) is 2. The first-order chi connectivity index (χ1) is 14.2. The normalized spacial score (nSPS) is 13.5. The van der Waals surface area contributed by atoms with Crippen LogP contribution in [0.5, 0.6) is 11.5 Å². The first-order valence-corrected chi connectivity index (χ1v) is 9.83. The number of piperidine rings is 1. The number of amides is 2. The van der Waals surface area contributed by atoms with Crippen LogP contribution in [0.3, 0.4) is 0 Å². The lowest BCUT2D eigenvalue weighted by molar-refractivity contribution is -0.125. The molecule has 1 aliphatic rings. The number of rotatable bonds is 8. The molecule has 0 radical (unpaired) electrons. The summed E-state index contributed by atoms with van der Waals surface area (Å²) in [6.45, 7) is 1.84. The fraction of sp³-hybridized carbons (Fsp3) is 0.364. The van der Waals surface area contributed by atoms with Gasteiger partial charge < -0.3 is 25.0 Å². The monoisotopic (exact) mass is 397 g/mol. The van der Waals surface area contributed by atoms with Gasteiger partial charge >= 0.3 is 0 Å². The highest BCUT2D eigenvalue weighted by Crippen LogP contribution is 2.25. The molecule has 1 heterocycles. The molecule has 2 aromatic carbocycles. The maximum absolute atomic E-state index is 12.1. The van der Waals surface area contributed by atoms with E-state index in [0.29, 0.717) is 17.2 Å². The van der Waals surface area contributed by atoms with Gasteiger partial charge in [0.1, 0.15) is 0 Å². The first-order valence-electron chi connectivity index (χ1n) is 9.83. The Morgan fingerprint density at radius 2 is 1.62 bits per heavy atom. The summed E-state index contributed by atoms with van der Waals surface area (Å²) in [6.07, 6.45) is 3.73. The summed E-state index contributed by atoms with van der Waals surface area (Å²) in [6, 6.07) is 14.9. The third-order valence-corrected chi connectivity index (χ3v) is 4.75. The molecule has 0 bridgehead atoms. The topological polar surface area (TPSA) is 79.9 Å². The van der Waals surface area contributed by atoms with E-state index in [-0.39, 0.29) is 25.0 Å². The van der Waals surface area contributed by atoms with Gasteiger partial charge in [0.15, 0.2) is 18.1 Å². The molecule has 154 valence electrons. The molecular formula is C22H27N3O4. The summed E-state index contributed by atoms with van der Waals surface area (Å²) in [7, 11) is 1.53. The smallest absolute Gasteiger partial charge is 0.258 e. The van der Waals surface area contributed by atoms with E-state index >= 15 is 0 Å². The highest BCUT2D eigenvalue weighted by Gasteiger charge is 2.12. The molecule has 3 rings (SSSR count). The number of carbonyl (C=O) groups is 2. The van der Waals surface area contributed by atoms with Crippen LogP contribution in [0.2, 0.25) is 0 Å². The lowest BCUT2D eigenvalue weighted by atomic mass is 10.1. The number of benzene rings is 2. The molecule has 1 aliphatic heterocycles. The first kappa shape index (κ1) is 20.5. The third kappa shape index (κ3) is 6.14. The Labute approximate surface area is 171 Å². The standard InChI is InChI=1S/C22H27N3O4/c1-28-19-7-3-4-8-20(19)29-16-22(27)23-15-21(26)24-17-9-11-18(12-10-17)25-13-5-2-6-14-25/h3-4,7-12H,2,5-6,13-16H2,1H3,(H,23,27)(H,24,26). The van der Waals surface area contributed by atoms with Gasteiger partial charge in [0.25, 0.3) is 5.91 Å². The van der Waals surface area contributed by atoms with E-state index in [2.05, 4.69) is 15.5 Å². The second kappa shape index (κ2) is 10.4. The zero-order valence-corrected chi connectivity index (χ0v) is 16.6. The summed E-state index contributed by atoms with van der Waals surface area (Å²) < 4.78 is 10.6. The van der Waals surface area contributed by atoms with Gasteiger partial charge in [-0.1, -0.05) is 12.1 Å². The summed E-state index contributed by atoms with van der Waals surface area (Å²) in [5.41, 5.74) is 1.87. The molecule has 0 saturated carbocycles. The Morgan fingerprint density at radius 3 is 2.31 bits per heavy atom. The van der Waals surface area contributed by atoms with Crippen molar-refractivity contribution in [2.45, 2.75) is 19.3 Å². The molecule has 0 atom stereocenters. The van der Waals surface area contributed by atoms with E-state index in [1.807, 2.05) is 30.3 Å². The lowest BCUT2D eigenvalue weighted by Crippen LogP contribution is -2.35. The largest absolute Gasteiger partial charge is 0.493 e. The van der Waals surface area contributed by atoms with E-state index in [0.717, 1.165) is 13.1 Å². The minimum absolute atomic E-state index is 0.123. The highest BCUT2D eigenvalue weighted by molar-refractivity contribution is 5.94. The van der Waals surface area contributed by atoms with Crippen molar-refractivity contribution in [3.05, 3.63) is 48.5 Å². The fourth-order valence-electron chi connectivity index (χ4n) is 3.22. The van der Waals surface area contributed by atoms with Crippen LogP contribution in [0, 0.1) is 0 Å². The van der Waals surface area contributed by atoms with Gasteiger partial charge in [0.2, 0.25) is 5.91 Å². The Kier molecular flexibility index (Phi) is 7.33. The average Bonchev–Trinajstić information content (AvgIpc) is 2.77. The molecule has 2 amide bonds. The van der Waals surface area contributed by atoms with Crippen molar-refractivity contribution in [2.75, 3.05) is 43.6 Å². The molecule has 2 N–H and O–H groups in total. The Balaban J connectivity index is 1.40. The van der Waals surface area contributed by atoms with Crippen molar-refractivity contribution in [1.29, 1.82) is 0 Å². The van der Waals surface area contributed by atoms with Crippen LogP contribution in [0.25, 0.3) is 0 Å². The number of methoxy groups -OCH3 is 1. The van der Waals surface area contributed by atoms with Gasteiger partial charge in [-0.15, -0.1) is 0 Å². The van der Waals surface area contributed by atoms with Crippen LogP contribution in [-0.4, -0.2) is 45.2 Å². The predicted octanol–water partition coefficient (Wildman–Crippen LogP) is 2.82. The second-order valence-corrected chi connectivity index (χ2v) is 6.86. The van der Waals surface area contributed by atoms with Crippen LogP contribution in [0.15, 0.2) is 48.5 Å². The minimum Gasteiger partial charge on any atom is -0.493 e. The molecule has 29 heavy (non-hydrogen) atoms. The molecule has 0 aliphatic carbocycles. The predicted molar refractivity (Wildman–Crippen MR) is 113 cm³/mol. The molecule has 7 heteroatoms. The lowest BCUT2D eigenvalue weighted by Gasteiger charge is -2.28. The van der Waals surface area contributed by atoms with E-state index in [1.54, 1.807) is 18.2 Å². The van der Waals surface area contributed by atoms with Gasteiger partial charge in [-0.05, 0) is 55.7 Å². The number of nitrogens with zero attached hydrogens (tertiary/aromatic N) is 1. The summed E-state index contributed by atoms with van der Waals surface area (Å²) in [4.78, 5) is 26.4. The minimum atomic E-state index is -0.383. The average molecular weight is 397 g/mol. The third-order valence-electron chi connectivity index (χ3n) is 4.75. The van der Waals surface area contributed by atoms with Crippen LogP contribution >= 0.6 is 0 Å². The molecule has 2 aromatic rings. The van der Waals surface area contributed by atoms with Crippen molar-refractivity contribution in [1.82, 2.24) is 5.32 Å². The van der Waals surface area contributed by atoms with Crippen molar-refractivity contribution >= 4 is 23.2 Å². The number of nitrogens with one attached hydrogen (secondary N) is 2. The fourth-order valence-corrected chi connectivity index (χ4v) is 3.22. The van der Waals surface area contributed by atoms with Gasteiger partial charge in [-0.2, -0.15) is 0 Å². The van der Waals surface area contributed by atoms with E-state index in [9.17, 15) is 9.59 Å². The molecule has 0 spiro atoms. The maximum Gasteiger partial charge on any atom is 0.258 e. The zero-order valence-electron chi connectivity index (χ0n) is 16.6. The highest BCUT2D eigenvalue weighted by atomic mass is 16.5. The van der Waals surface area contributed by atoms with Crippen molar-refractivity contribution in [3.63, 3.8) is 0 Å². The number of anilines is 2. The van der Waals surface area contributed by atoms with Crippen molar-refractivity contribution in [2.24, 2.45) is 0 Å². The number of ether oxygens (including phenoxy) is 2. The quantitative estimate of drug-likeness (QED) is 0.716.